The van der Waals surface area contributed by atoms with Crippen molar-refractivity contribution in [3.8, 4) is 6.07 Å². The van der Waals surface area contributed by atoms with E-state index in [9.17, 15) is 5.26 Å². The third kappa shape index (κ3) is 3.78. The number of benzene rings is 1. The lowest BCUT2D eigenvalue weighted by atomic mass is 9.66. The molecule has 29 heavy (non-hydrogen) atoms. The molecular weight excluding hydrogens is 365 g/mol. The predicted molar refractivity (Wildman–Crippen MR) is 110 cm³/mol. The van der Waals surface area contributed by atoms with Crippen LogP contribution in [0.25, 0.3) is 0 Å². The largest absolute Gasteiger partial charge is 0.316 e. The van der Waals surface area contributed by atoms with E-state index in [4.69, 9.17) is 0 Å². The first-order valence-electron chi connectivity index (χ1n) is 10.3. The van der Waals surface area contributed by atoms with Crippen LogP contribution in [0.2, 0.25) is 0 Å². The molecule has 2 fully saturated rings. The van der Waals surface area contributed by atoms with E-state index in [-0.39, 0.29) is 29.7 Å². The van der Waals surface area contributed by atoms with Crippen LogP contribution in [-0.4, -0.2) is 18.1 Å². The zero-order valence-corrected chi connectivity index (χ0v) is 17.2. The molecule has 0 radical (unpaired) electrons. The van der Waals surface area contributed by atoms with Crippen molar-refractivity contribution in [1.82, 2.24) is 21.2 Å². The second-order valence-electron chi connectivity index (χ2n) is 8.42. The smallest absolute Gasteiger partial charge is 0.127 e. The molecule has 1 saturated heterocycles. The molecule has 4 rings (SSSR count). The fraction of sp³-hybridized carbons (Fsp3) is 0.478. The summed E-state index contributed by atoms with van der Waals surface area (Å²) in [6.45, 7) is 4.59. The average molecular weight is 394 g/mol. The molecule has 0 bridgehead atoms. The molecule has 152 valence electrons. The van der Waals surface area contributed by atoms with Crippen molar-refractivity contribution in [3.05, 3.63) is 64.2 Å². The number of pyridine rings is 1. The maximum absolute atomic E-state index is 15.2. The van der Waals surface area contributed by atoms with E-state index >= 15 is 4.39 Å². The van der Waals surface area contributed by atoms with Crippen molar-refractivity contribution in [2.75, 3.05) is 7.05 Å². The van der Waals surface area contributed by atoms with E-state index < -0.39 is 0 Å². The molecule has 2 aromatic rings. The first kappa shape index (κ1) is 20.0. The van der Waals surface area contributed by atoms with Crippen LogP contribution < -0.4 is 16.2 Å². The SMILES string of the molecule is CNCc1cc(C)c(C2CC3C(CC2C#N)NNC3c2ccnc(C)c2)c(F)c1. The lowest BCUT2D eigenvalue weighted by molar-refractivity contribution is 0.234. The number of aryl methyl sites for hydroxylation is 2. The van der Waals surface area contributed by atoms with Gasteiger partial charge in [0.15, 0.2) is 0 Å². The zero-order valence-electron chi connectivity index (χ0n) is 17.2. The van der Waals surface area contributed by atoms with E-state index in [0.29, 0.717) is 18.0 Å². The maximum Gasteiger partial charge on any atom is 0.127 e. The third-order valence-corrected chi connectivity index (χ3v) is 6.48. The van der Waals surface area contributed by atoms with Crippen LogP contribution in [0, 0.1) is 42.8 Å². The van der Waals surface area contributed by atoms with Gasteiger partial charge in [-0.25, -0.2) is 9.82 Å². The number of halogens is 1. The van der Waals surface area contributed by atoms with Crippen LogP contribution in [0.4, 0.5) is 4.39 Å². The van der Waals surface area contributed by atoms with Crippen LogP contribution in [0.3, 0.4) is 0 Å². The van der Waals surface area contributed by atoms with Crippen molar-refractivity contribution in [2.45, 2.75) is 51.2 Å². The highest BCUT2D eigenvalue weighted by atomic mass is 19.1. The molecule has 1 aliphatic heterocycles. The predicted octanol–water partition coefficient (Wildman–Crippen LogP) is 3.41. The number of hydrazine groups is 1. The highest BCUT2D eigenvalue weighted by Crippen LogP contribution is 2.48. The highest BCUT2D eigenvalue weighted by Gasteiger charge is 2.46. The number of rotatable bonds is 4. The molecule has 1 aliphatic carbocycles. The van der Waals surface area contributed by atoms with Gasteiger partial charge in [0, 0.05) is 30.4 Å². The Kier molecular flexibility index (Phi) is 5.64. The Labute approximate surface area is 171 Å². The molecule has 6 heteroatoms. The van der Waals surface area contributed by atoms with Gasteiger partial charge in [-0.2, -0.15) is 5.26 Å². The Bertz CT molecular complexity index is 914. The van der Waals surface area contributed by atoms with Crippen LogP contribution in [0.1, 0.15) is 52.7 Å². The summed E-state index contributed by atoms with van der Waals surface area (Å²) in [6.07, 6.45) is 3.33. The molecule has 2 aliphatic rings. The van der Waals surface area contributed by atoms with Gasteiger partial charge in [0.2, 0.25) is 0 Å². The Morgan fingerprint density at radius 1 is 1.24 bits per heavy atom. The van der Waals surface area contributed by atoms with E-state index in [2.05, 4.69) is 33.3 Å². The molecule has 5 atom stereocenters. The van der Waals surface area contributed by atoms with Crippen molar-refractivity contribution in [2.24, 2.45) is 11.8 Å². The Morgan fingerprint density at radius 2 is 2.07 bits per heavy atom. The van der Waals surface area contributed by atoms with E-state index in [0.717, 1.165) is 29.7 Å². The van der Waals surface area contributed by atoms with Gasteiger partial charge >= 0.3 is 0 Å². The topological polar surface area (TPSA) is 72.8 Å². The number of nitrogens with one attached hydrogen (secondary N) is 3. The van der Waals surface area contributed by atoms with Crippen molar-refractivity contribution >= 4 is 0 Å². The molecule has 5 unspecified atom stereocenters. The van der Waals surface area contributed by atoms with Gasteiger partial charge < -0.3 is 5.32 Å². The molecule has 1 saturated carbocycles. The number of nitriles is 1. The van der Waals surface area contributed by atoms with Gasteiger partial charge in [0.25, 0.3) is 0 Å². The van der Waals surface area contributed by atoms with E-state index in [1.807, 2.05) is 39.2 Å². The second kappa shape index (κ2) is 8.19. The number of hydrogen-bond donors (Lipinski definition) is 3. The van der Waals surface area contributed by atoms with Crippen LogP contribution in [0.15, 0.2) is 30.5 Å². The summed E-state index contributed by atoms with van der Waals surface area (Å²) in [6, 6.07) is 10.6. The Hall–Kier alpha value is -2.33. The van der Waals surface area contributed by atoms with Crippen LogP contribution in [0.5, 0.6) is 0 Å². The molecule has 2 heterocycles. The number of nitrogens with zero attached hydrogens (tertiary/aromatic N) is 2. The fourth-order valence-electron chi connectivity index (χ4n) is 5.23. The fourth-order valence-corrected chi connectivity index (χ4v) is 5.23. The summed E-state index contributed by atoms with van der Waals surface area (Å²) in [5.74, 6) is -0.194. The molecule has 0 spiro atoms. The standard InChI is InChI=1S/C23H28FN5/c1-13-6-15(12-26-3)8-20(24)22(13)18-10-19-21(9-17(18)11-25)28-29-23(19)16-4-5-27-14(2)7-16/h4-8,17-19,21,23,26,28-29H,9-10,12H2,1-3H3. The number of fused-ring (bicyclic) bond motifs is 1. The van der Waals surface area contributed by atoms with E-state index in [1.165, 1.54) is 5.56 Å². The van der Waals surface area contributed by atoms with Gasteiger partial charge in [-0.15, -0.1) is 0 Å². The summed E-state index contributed by atoms with van der Waals surface area (Å²) >= 11 is 0. The van der Waals surface area contributed by atoms with Crippen LogP contribution >= 0.6 is 0 Å². The summed E-state index contributed by atoms with van der Waals surface area (Å²) in [7, 11) is 1.86. The summed E-state index contributed by atoms with van der Waals surface area (Å²) < 4.78 is 15.2. The average Bonchev–Trinajstić information content (AvgIpc) is 3.10. The van der Waals surface area contributed by atoms with Crippen LogP contribution in [-0.2, 0) is 6.54 Å². The van der Waals surface area contributed by atoms with Crippen molar-refractivity contribution < 1.29 is 4.39 Å². The third-order valence-electron chi connectivity index (χ3n) is 6.48. The zero-order chi connectivity index (χ0) is 20.5. The molecule has 1 aromatic heterocycles. The molecule has 0 amide bonds. The summed E-state index contributed by atoms with van der Waals surface area (Å²) in [5, 5.41) is 12.9. The van der Waals surface area contributed by atoms with Gasteiger partial charge in [-0.3, -0.25) is 10.4 Å². The van der Waals surface area contributed by atoms with Gasteiger partial charge in [-0.1, -0.05) is 6.07 Å². The van der Waals surface area contributed by atoms with Gasteiger partial charge in [0.1, 0.15) is 5.82 Å². The minimum atomic E-state index is -0.202. The van der Waals surface area contributed by atoms with Crippen molar-refractivity contribution in [1.29, 1.82) is 5.26 Å². The number of aromatic nitrogens is 1. The monoisotopic (exact) mass is 393 g/mol. The summed E-state index contributed by atoms with van der Waals surface area (Å²) in [4.78, 5) is 4.30. The first-order valence-corrected chi connectivity index (χ1v) is 10.3. The highest BCUT2D eigenvalue weighted by molar-refractivity contribution is 5.37. The Balaban J connectivity index is 1.67. The quantitative estimate of drug-likeness (QED) is 0.742. The second-order valence-corrected chi connectivity index (χ2v) is 8.42. The number of hydrogen-bond acceptors (Lipinski definition) is 5. The van der Waals surface area contributed by atoms with Gasteiger partial charge in [0.05, 0.1) is 18.0 Å². The van der Waals surface area contributed by atoms with Crippen molar-refractivity contribution in [3.63, 3.8) is 0 Å². The first-order chi connectivity index (χ1) is 14.0. The minimum absolute atomic E-state index is 0.1000. The lowest BCUT2D eigenvalue weighted by Gasteiger charge is -2.37. The molecule has 5 nitrogen and oxygen atoms in total. The summed E-state index contributed by atoms with van der Waals surface area (Å²) in [5.41, 5.74) is 11.6. The Morgan fingerprint density at radius 3 is 2.76 bits per heavy atom. The van der Waals surface area contributed by atoms with Gasteiger partial charge in [-0.05, 0) is 80.1 Å². The van der Waals surface area contributed by atoms with E-state index in [1.54, 1.807) is 6.07 Å². The lowest BCUT2D eigenvalue weighted by Crippen LogP contribution is -2.39. The maximum atomic E-state index is 15.2. The molecule has 1 aromatic carbocycles. The normalized spacial score (nSPS) is 28.7. The molecular formula is C23H28FN5. The minimum Gasteiger partial charge on any atom is -0.316 e. The molecule has 3 N–H and O–H groups in total.